The minimum Gasteiger partial charge on any atom is -0.481 e. The molecule has 10 nitrogen and oxygen atoms in total. The lowest BCUT2D eigenvalue weighted by atomic mass is 10.1. The smallest absolute Gasteiger partial charge is 0.293 e. The molecule has 0 aliphatic carbocycles. The SMILES string of the molecule is CCCOCCn1c(=O)c(NCCCNc2ccccn2)nc2ncc(-c3ccc(OC)nc3)cc21. The van der Waals surface area contributed by atoms with E-state index in [4.69, 9.17) is 9.47 Å². The van der Waals surface area contributed by atoms with Gasteiger partial charge in [-0.2, -0.15) is 0 Å². The van der Waals surface area contributed by atoms with Crippen LogP contribution in [0.5, 0.6) is 5.88 Å². The Hall–Kier alpha value is -4.05. The molecule has 36 heavy (non-hydrogen) atoms. The molecule has 0 radical (unpaired) electrons. The van der Waals surface area contributed by atoms with Gasteiger partial charge in [0.15, 0.2) is 11.5 Å². The first-order valence-electron chi connectivity index (χ1n) is 12.1. The first-order valence-corrected chi connectivity index (χ1v) is 12.1. The van der Waals surface area contributed by atoms with Crippen molar-refractivity contribution in [1.29, 1.82) is 0 Å². The molecule has 2 N–H and O–H groups in total. The lowest BCUT2D eigenvalue weighted by Crippen LogP contribution is -2.28. The fourth-order valence-corrected chi connectivity index (χ4v) is 3.67. The van der Waals surface area contributed by atoms with E-state index in [0.29, 0.717) is 49.9 Å². The molecule has 188 valence electrons. The molecule has 0 atom stereocenters. The van der Waals surface area contributed by atoms with Crippen LogP contribution in [-0.2, 0) is 11.3 Å². The zero-order valence-corrected chi connectivity index (χ0v) is 20.6. The van der Waals surface area contributed by atoms with E-state index in [0.717, 1.165) is 29.8 Å². The summed E-state index contributed by atoms with van der Waals surface area (Å²) in [5, 5.41) is 6.44. The normalized spacial score (nSPS) is 10.9. The highest BCUT2D eigenvalue weighted by molar-refractivity contribution is 5.78. The van der Waals surface area contributed by atoms with E-state index >= 15 is 0 Å². The van der Waals surface area contributed by atoms with Gasteiger partial charge < -0.3 is 20.1 Å². The van der Waals surface area contributed by atoms with Crippen molar-refractivity contribution in [2.75, 3.05) is 44.0 Å². The molecule has 0 fully saturated rings. The van der Waals surface area contributed by atoms with E-state index in [1.165, 1.54) is 0 Å². The number of fused-ring (bicyclic) bond motifs is 1. The molecule has 0 amide bonds. The van der Waals surface area contributed by atoms with Crippen molar-refractivity contribution in [1.82, 2.24) is 24.5 Å². The number of pyridine rings is 3. The molecule has 0 saturated heterocycles. The van der Waals surface area contributed by atoms with Gasteiger partial charge in [0.25, 0.3) is 5.56 Å². The zero-order valence-electron chi connectivity index (χ0n) is 20.6. The lowest BCUT2D eigenvalue weighted by molar-refractivity contribution is 0.127. The van der Waals surface area contributed by atoms with Gasteiger partial charge >= 0.3 is 0 Å². The van der Waals surface area contributed by atoms with Crippen LogP contribution in [0.1, 0.15) is 19.8 Å². The summed E-state index contributed by atoms with van der Waals surface area (Å²) in [6.45, 7) is 4.82. The summed E-state index contributed by atoms with van der Waals surface area (Å²) in [5.41, 5.74) is 2.64. The van der Waals surface area contributed by atoms with Crippen LogP contribution < -0.4 is 20.9 Å². The van der Waals surface area contributed by atoms with Crippen molar-refractivity contribution in [3.05, 3.63) is 65.3 Å². The Morgan fingerprint density at radius 1 is 0.972 bits per heavy atom. The fraction of sp³-hybridized carbons (Fsp3) is 0.346. The van der Waals surface area contributed by atoms with Crippen LogP contribution in [0.4, 0.5) is 11.6 Å². The summed E-state index contributed by atoms with van der Waals surface area (Å²) in [6.07, 6.45) is 6.90. The number of nitrogens with one attached hydrogen (secondary N) is 2. The molecule has 0 saturated carbocycles. The predicted molar refractivity (Wildman–Crippen MR) is 141 cm³/mol. The monoisotopic (exact) mass is 489 g/mol. The highest BCUT2D eigenvalue weighted by Crippen LogP contribution is 2.23. The van der Waals surface area contributed by atoms with Crippen LogP contribution in [0, 0.1) is 0 Å². The minimum absolute atomic E-state index is 0.202. The van der Waals surface area contributed by atoms with Gasteiger partial charge in [0.05, 0.1) is 19.2 Å². The Kier molecular flexibility index (Phi) is 8.77. The highest BCUT2D eigenvalue weighted by atomic mass is 16.5. The number of hydrogen-bond acceptors (Lipinski definition) is 9. The third-order valence-electron chi connectivity index (χ3n) is 5.51. The number of methoxy groups -OCH3 is 1. The number of rotatable bonds is 13. The molecule has 0 aliphatic rings. The van der Waals surface area contributed by atoms with Crippen molar-refractivity contribution in [3.63, 3.8) is 0 Å². The second kappa shape index (κ2) is 12.6. The molecule has 0 bridgehead atoms. The Morgan fingerprint density at radius 2 is 1.83 bits per heavy atom. The largest absolute Gasteiger partial charge is 0.481 e. The van der Waals surface area contributed by atoms with Crippen LogP contribution in [-0.4, -0.2) is 57.9 Å². The number of anilines is 2. The zero-order chi connectivity index (χ0) is 25.2. The summed E-state index contributed by atoms with van der Waals surface area (Å²) in [5.74, 6) is 1.63. The van der Waals surface area contributed by atoms with Crippen LogP contribution >= 0.6 is 0 Å². The molecule has 4 heterocycles. The Morgan fingerprint density at radius 3 is 2.58 bits per heavy atom. The first kappa shape index (κ1) is 25.1. The van der Waals surface area contributed by atoms with Crippen LogP contribution in [0.2, 0.25) is 0 Å². The lowest BCUT2D eigenvalue weighted by Gasteiger charge is -2.14. The summed E-state index contributed by atoms with van der Waals surface area (Å²) in [7, 11) is 1.58. The van der Waals surface area contributed by atoms with E-state index in [1.54, 1.807) is 36.3 Å². The topological polar surface area (TPSA) is 116 Å². The van der Waals surface area contributed by atoms with E-state index < -0.39 is 0 Å². The number of nitrogens with zero attached hydrogens (tertiary/aromatic N) is 5. The predicted octanol–water partition coefficient (Wildman–Crippen LogP) is 3.60. The Balaban J connectivity index is 1.54. The maximum absolute atomic E-state index is 13.4. The van der Waals surface area contributed by atoms with Gasteiger partial charge in [0.1, 0.15) is 5.82 Å². The van der Waals surface area contributed by atoms with Crippen LogP contribution in [0.3, 0.4) is 0 Å². The standard InChI is InChI=1S/C26H31N7O3/c1-3-14-36-15-13-33-21-16-20(19-8-9-23(35-2)30-17-19)18-31-24(21)32-25(26(33)34)29-12-6-11-28-22-7-4-5-10-27-22/h4-5,7-10,16-18H,3,6,11-15H2,1-2H3,(H,27,28)(H,29,31,32). The molecule has 4 aromatic heterocycles. The molecule has 0 spiro atoms. The molecule has 0 aromatic carbocycles. The molecular formula is C26H31N7O3. The van der Waals surface area contributed by atoms with Crippen molar-refractivity contribution < 1.29 is 9.47 Å². The Bertz CT molecular complexity index is 1310. The summed E-state index contributed by atoms with van der Waals surface area (Å²) in [4.78, 5) is 31.0. The number of aromatic nitrogens is 5. The first-order chi connectivity index (χ1) is 17.7. The molecule has 0 aliphatic heterocycles. The third-order valence-corrected chi connectivity index (χ3v) is 5.51. The van der Waals surface area contributed by atoms with Crippen LogP contribution in [0.25, 0.3) is 22.3 Å². The van der Waals surface area contributed by atoms with Gasteiger partial charge in [-0.1, -0.05) is 13.0 Å². The van der Waals surface area contributed by atoms with E-state index in [2.05, 4.69) is 37.5 Å². The second-order valence-electron chi connectivity index (χ2n) is 8.11. The average molecular weight is 490 g/mol. The maximum Gasteiger partial charge on any atom is 0.293 e. The van der Waals surface area contributed by atoms with E-state index in [-0.39, 0.29) is 11.4 Å². The quantitative estimate of drug-likeness (QED) is 0.272. The number of ether oxygens (including phenoxy) is 2. The third kappa shape index (κ3) is 6.33. The van der Waals surface area contributed by atoms with Gasteiger partial charge in [-0.25, -0.2) is 19.9 Å². The van der Waals surface area contributed by atoms with Gasteiger partial charge in [-0.05, 0) is 37.1 Å². The van der Waals surface area contributed by atoms with Crippen molar-refractivity contribution in [2.24, 2.45) is 0 Å². The van der Waals surface area contributed by atoms with Crippen molar-refractivity contribution >= 4 is 22.8 Å². The summed E-state index contributed by atoms with van der Waals surface area (Å²) in [6, 6.07) is 11.3. The van der Waals surface area contributed by atoms with E-state index in [1.807, 2.05) is 30.3 Å². The van der Waals surface area contributed by atoms with Gasteiger partial charge in [-0.15, -0.1) is 0 Å². The maximum atomic E-state index is 13.4. The van der Waals surface area contributed by atoms with Crippen LogP contribution in [0.15, 0.2) is 59.8 Å². The molecule has 0 unspecified atom stereocenters. The Labute approximate surface area is 209 Å². The number of hydrogen-bond donors (Lipinski definition) is 2. The second-order valence-corrected chi connectivity index (χ2v) is 8.11. The average Bonchev–Trinajstić information content (AvgIpc) is 2.92. The molecular weight excluding hydrogens is 458 g/mol. The minimum atomic E-state index is -0.202. The fourth-order valence-electron chi connectivity index (χ4n) is 3.67. The molecule has 4 aromatic rings. The highest BCUT2D eigenvalue weighted by Gasteiger charge is 2.13. The molecule has 4 rings (SSSR count). The summed E-state index contributed by atoms with van der Waals surface area (Å²) < 4.78 is 12.5. The van der Waals surface area contributed by atoms with E-state index in [9.17, 15) is 4.79 Å². The van der Waals surface area contributed by atoms with Gasteiger partial charge in [-0.3, -0.25) is 9.36 Å². The summed E-state index contributed by atoms with van der Waals surface area (Å²) >= 11 is 0. The molecule has 10 heteroatoms. The van der Waals surface area contributed by atoms with Crippen molar-refractivity contribution in [3.8, 4) is 17.0 Å². The van der Waals surface area contributed by atoms with Crippen molar-refractivity contribution in [2.45, 2.75) is 26.3 Å². The van der Waals surface area contributed by atoms with Gasteiger partial charge in [0.2, 0.25) is 5.88 Å². The van der Waals surface area contributed by atoms with Gasteiger partial charge in [0, 0.05) is 62.0 Å².